The monoisotopic (exact) mass is 252 g/mol. The van der Waals surface area contributed by atoms with Crippen LogP contribution >= 0.6 is 0 Å². The number of halogens is 1. The standard InChI is InChI=1S/C15H21FO2/c1-4-15(5-2)13(17)9-14(15)18-11-6-7-12(16)10(3)8-11/h6-8,13-14,17H,4-5,9H2,1-3H3. The summed E-state index contributed by atoms with van der Waals surface area (Å²) < 4.78 is 19.1. The molecule has 18 heavy (non-hydrogen) atoms. The fraction of sp³-hybridized carbons (Fsp3) is 0.600. The van der Waals surface area contributed by atoms with Crippen molar-refractivity contribution >= 4 is 0 Å². The smallest absolute Gasteiger partial charge is 0.126 e. The molecule has 1 saturated carbocycles. The van der Waals surface area contributed by atoms with E-state index in [9.17, 15) is 9.50 Å². The zero-order valence-corrected chi connectivity index (χ0v) is 11.2. The molecule has 0 aromatic heterocycles. The molecule has 1 aliphatic rings. The third-order valence-corrected chi connectivity index (χ3v) is 4.47. The lowest BCUT2D eigenvalue weighted by Gasteiger charge is -2.52. The summed E-state index contributed by atoms with van der Waals surface area (Å²) in [6.07, 6.45) is 2.22. The van der Waals surface area contributed by atoms with Crippen molar-refractivity contribution < 1.29 is 14.2 Å². The highest BCUT2D eigenvalue weighted by Gasteiger charge is 2.53. The number of ether oxygens (including phenoxy) is 1. The van der Waals surface area contributed by atoms with Crippen LogP contribution in [0.1, 0.15) is 38.7 Å². The molecule has 3 heteroatoms. The Kier molecular flexibility index (Phi) is 3.62. The molecular weight excluding hydrogens is 231 g/mol. The van der Waals surface area contributed by atoms with Gasteiger partial charge in [0.25, 0.3) is 0 Å². The molecule has 1 aromatic rings. The maximum Gasteiger partial charge on any atom is 0.126 e. The maximum atomic E-state index is 13.2. The van der Waals surface area contributed by atoms with Crippen LogP contribution in [0.2, 0.25) is 0 Å². The summed E-state index contributed by atoms with van der Waals surface area (Å²) >= 11 is 0. The van der Waals surface area contributed by atoms with Crippen LogP contribution in [0, 0.1) is 18.2 Å². The van der Waals surface area contributed by atoms with Crippen LogP contribution in [0.25, 0.3) is 0 Å². The Hall–Kier alpha value is -1.09. The number of aliphatic hydroxyl groups is 1. The zero-order valence-electron chi connectivity index (χ0n) is 11.2. The van der Waals surface area contributed by atoms with Gasteiger partial charge >= 0.3 is 0 Å². The van der Waals surface area contributed by atoms with Crippen LogP contribution in [0.4, 0.5) is 4.39 Å². The van der Waals surface area contributed by atoms with E-state index >= 15 is 0 Å². The molecule has 2 rings (SSSR count). The average molecular weight is 252 g/mol. The van der Waals surface area contributed by atoms with Crippen LogP contribution in [-0.2, 0) is 0 Å². The Bertz CT molecular complexity index is 427. The Morgan fingerprint density at radius 3 is 2.56 bits per heavy atom. The molecule has 1 N–H and O–H groups in total. The highest BCUT2D eigenvalue weighted by molar-refractivity contribution is 5.29. The fourth-order valence-corrected chi connectivity index (χ4v) is 2.92. The topological polar surface area (TPSA) is 29.5 Å². The molecule has 0 radical (unpaired) electrons. The number of aryl methyl sites for hydroxylation is 1. The van der Waals surface area contributed by atoms with Gasteiger partial charge in [-0.05, 0) is 43.5 Å². The van der Waals surface area contributed by atoms with Crippen LogP contribution in [0.3, 0.4) is 0 Å². The summed E-state index contributed by atoms with van der Waals surface area (Å²) in [4.78, 5) is 0. The molecule has 0 heterocycles. The quantitative estimate of drug-likeness (QED) is 0.889. The number of hydrogen-bond acceptors (Lipinski definition) is 2. The van der Waals surface area contributed by atoms with Gasteiger partial charge in [0.2, 0.25) is 0 Å². The van der Waals surface area contributed by atoms with E-state index in [0.717, 1.165) is 12.8 Å². The first kappa shape index (κ1) is 13.3. The zero-order chi connectivity index (χ0) is 13.3. The SMILES string of the molecule is CCC1(CC)C(O)CC1Oc1ccc(F)c(C)c1. The number of rotatable bonds is 4. The highest BCUT2D eigenvalue weighted by Crippen LogP contribution is 2.48. The second-order valence-electron chi connectivity index (χ2n) is 5.21. The lowest BCUT2D eigenvalue weighted by atomic mass is 9.60. The Morgan fingerprint density at radius 1 is 1.39 bits per heavy atom. The normalized spacial score (nSPS) is 25.6. The Balaban J connectivity index is 2.12. The Labute approximate surface area is 108 Å². The van der Waals surface area contributed by atoms with Crippen LogP contribution in [0.15, 0.2) is 18.2 Å². The first-order valence-corrected chi connectivity index (χ1v) is 6.64. The molecule has 0 spiro atoms. The van der Waals surface area contributed by atoms with E-state index in [4.69, 9.17) is 4.74 Å². The largest absolute Gasteiger partial charge is 0.490 e. The van der Waals surface area contributed by atoms with Crippen molar-refractivity contribution in [2.24, 2.45) is 5.41 Å². The van der Waals surface area contributed by atoms with Crippen molar-refractivity contribution in [2.75, 3.05) is 0 Å². The molecule has 2 unspecified atom stereocenters. The first-order valence-electron chi connectivity index (χ1n) is 6.64. The molecule has 0 amide bonds. The summed E-state index contributed by atoms with van der Waals surface area (Å²) in [6, 6.07) is 4.80. The van der Waals surface area contributed by atoms with Crippen molar-refractivity contribution in [1.82, 2.24) is 0 Å². The third kappa shape index (κ3) is 2.01. The summed E-state index contributed by atoms with van der Waals surface area (Å²) in [5, 5.41) is 9.97. The molecule has 0 saturated heterocycles. The Morgan fingerprint density at radius 2 is 2.06 bits per heavy atom. The van der Waals surface area contributed by atoms with Gasteiger partial charge in [0.05, 0.1) is 6.10 Å². The minimum atomic E-state index is -0.279. The minimum absolute atomic E-state index is 0.0346. The van der Waals surface area contributed by atoms with E-state index in [1.165, 1.54) is 6.07 Å². The van der Waals surface area contributed by atoms with Crippen molar-refractivity contribution in [3.05, 3.63) is 29.6 Å². The maximum absolute atomic E-state index is 13.2. The molecule has 100 valence electrons. The van der Waals surface area contributed by atoms with Gasteiger partial charge in [-0.25, -0.2) is 4.39 Å². The van der Waals surface area contributed by atoms with E-state index in [2.05, 4.69) is 13.8 Å². The predicted octanol–water partition coefficient (Wildman–Crippen LogP) is 3.45. The van der Waals surface area contributed by atoms with E-state index in [1.54, 1.807) is 19.1 Å². The van der Waals surface area contributed by atoms with Gasteiger partial charge in [-0.1, -0.05) is 13.8 Å². The molecule has 2 atom stereocenters. The van der Waals surface area contributed by atoms with Crippen molar-refractivity contribution in [3.63, 3.8) is 0 Å². The van der Waals surface area contributed by atoms with Crippen molar-refractivity contribution in [2.45, 2.75) is 52.2 Å². The molecule has 0 bridgehead atoms. The third-order valence-electron chi connectivity index (χ3n) is 4.47. The number of aliphatic hydroxyl groups excluding tert-OH is 1. The van der Waals surface area contributed by atoms with Crippen LogP contribution in [-0.4, -0.2) is 17.3 Å². The summed E-state index contributed by atoms with van der Waals surface area (Å²) in [5.74, 6) is 0.477. The first-order chi connectivity index (χ1) is 8.53. The number of benzene rings is 1. The van der Waals surface area contributed by atoms with Gasteiger partial charge < -0.3 is 9.84 Å². The molecule has 1 aliphatic carbocycles. The van der Waals surface area contributed by atoms with Crippen LogP contribution < -0.4 is 4.74 Å². The molecule has 0 aliphatic heterocycles. The van der Waals surface area contributed by atoms with Gasteiger partial charge in [0, 0.05) is 11.8 Å². The summed E-state index contributed by atoms with van der Waals surface area (Å²) in [5.41, 5.74) is 0.452. The van der Waals surface area contributed by atoms with Gasteiger partial charge in [0.1, 0.15) is 17.7 Å². The van der Waals surface area contributed by atoms with Gasteiger partial charge in [-0.2, -0.15) is 0 Å². The molecule has 1 fully saturated rings. The summed E-state index contributed by atoms with van der Waals surface area (Å²) in [7, 11) is 0. The lowest BCUT2D eigenvalue weighted by molar-refractivity contribution is -0.159. The highest BCUT2D eigenvalue weighted by atomic mass is 19.1. The van der Waals surface area contributed by atoms with E-state index in [0.29, 0.717) is 17.7 Å². The van der Waals surface area contributed by atoms with Crippen LogP contribution in [0.5, 0.6) is 5.75 Å². The van der Waals surface area contributed by atoms with Gasteiger partial charge in [-0.15, -0.1) is 0 Å². The number of hydrogen-bond donors (Lipinski definition) is 1. The second kappa shape index (κ2) is 4.88. The van der Waals surface area contributed by atoms with Crippen molar-refractivity contribution in [3.8, 4) is 5.75 Å². The van der Waals surface area contributed by atoms with Gasteiger partial charge in [0.15, 0.2) is 0 Å². The average Bonchev–Trinajstić information content (AvgIpc) is 2.35. The van der Waals surface area contributed by atoms with E-state index in [1.807, 2.05) is 0 Å². The van der Waals surface area contributed by atoms with Gasteiger partial charge in [-0.3, -0.25) is 0 Å². The lowest BCUT2D eigenvalue weighted by Crippen LogP contribution is -2.59. The fourth-order valence-electron chi connectivity index (χ4n) is 2.92. The summed E-state index contributed by atoms with van der Waals surface area (Å²) in [6.45, 7) is 5.89. The van der Waals surface area contributed by atoms with E-state index < -0.39 is 0 Å². The predicted molar refractivity (Wildman–Crippen MR) is 69.2 cm³/mol. The molecule has 1 aromatic carbocycles. The van der Waals surface area contributed by atoms with E-state index in [-0.39, 0.29) is 23.4 Å². The second-order valence-corrected chi connectivity index (χ2v) is 5.21. The molecular formula is C15H21FO2. The minimum Gasteiger partial charge on any atom is -0.490 e. The van der Waals surface area contributed by atoms with Crippen molar-refractivity contribution in [1.29, 1.82) is 0 Å². The molecule has 2 nitrogen and oxygen atoms in total.